The van der Waals surface area contributed by atoms with E-state index in [4.69, 9.17) is 10.3 Å². The number of para-hydroxylation sites is 1. The number of rotatable bonds is 6. The monoisotopic (exact) mass is 328 g/mol. The molecule has 126 valence electrons. The Morgan fingerprint density at radius 3 is 2.75 bits per heavy atom. The summed E-state index contributed by atoms with van der Waals surface area (Å²) in [6.45, 7) is 5.29. The van der Waals surface area contributed by atoms with Crippen LogP contribution in [0.5, 0.6) is 0 Å². The van der Waals surface area contributed by atoms with E-state index >= 15 is 0 Å². The Labute approximate surface area is 138 Å². The summed E-state index contributed by atoms with van der Waals surface area (Å²) in [5, 5.41) is 4.50. The minimum atomic E-state index is -0.135. The number of hydrogen-bond donors (Lipinski definition) is 2. The van der Waals surface area contributed by atoms with Crippen LogP contribution in [-0.4, -0.2) is 31.1 Å². The lowest BCUT2D eigenvalue weighted by atomic mass is 10.2. The van der Waals surface area contributed by atoms with Crippen LogP contribution in [0.1, 0.15) is 31.4 Å². The highest BCUT2D eigenvalue weighted by atomic mass is 16.5. The van der Waals surface area contributed by atoms with Gasteiger partial charge in [0.2, 0.25) is 5.89 Å². The molecule has 0 aliphatic carbocycles. The van der Waals surface area contributed by atoms with Gasteiger partial charge in [0, 0.05) is 6.04 Å². The van der Waals surface area contributed by atoms with Crippen molar-refractivity contribution in [1.29, 1.82) is 0 Å². The first-order chi connectivity index (χ1) is 11.6. The molecule has 3 aromatic rings. The molecule has 0 atom stereocenters. The maximum Gasteiger partial charge on any atom is 0.258 e. The lowest BCUT2D eigenvalue weighted by Gasteiger charge is -2.24. The Morgan fingerprint density at radius 2 is 2.04 bits per heavy atom. The third-order valence-electron chi connectivity index (χ3n) is 3.77. The largest absolute Gasteiger partial charge is 0.338 e. The zero-order chi connectivity index (χ0) is 17.1. The normalized spacial score (nSPS) is 11.7. The molecule has 0 saturated carbocycles. The predicted molar refractivity (Wildman–Crippen MR) is 88.9 cm³/mol. The van der Waals surface area contributed by atoms with Gasteiger partial charge in [0.05, 0.1) is 30.5 Å². The third kappa shape index (κ3) is 3.50. The standard InChI is InChI=1S/C16H20N6O2/c1-10(2)22(9-14-19-15(7-17)24-21-14)8-13-18-12-6-4-3-5-11(12)16(23)20-13/h3-6,10H,7-9,17H2,1-2H3,(H,18,20,23). The zero-order valence-corrected chi connectivity index (χ0v) is 13.7. The number of hydrogen-bond acceptors (Lipinski definition) is 7. The lowest BCUT2D eigenvalue weighted by Crippen LogP contribution is -2.32. The molecule has 0 aliphatic heterocycles. The Morgan fingerprint density at radius 1 is 1.25 bits per heavy atom. The number of fused-ring (bicyclic) bond motifs is 1. The number of nitrogens with two attached hydrogens (primary N) is 1. The van der Waals surface area contributed by atoms with E-state index in [2.05, 4.69) is 38.9 Å². The van der Waals surface area contributed by atoms with Crippen molar-refractivity contribution in [2.24, 2.45) is 5.73 Å². The van der Waals surface area contributed by atoms with Gasteiger partial charge in [-0.25, -0.2) is 4.98 Å². The molecule has 0 radical (unpaired) electrons. The summed E-state index contributed by atoms with van der Waals surface area (Å²) in [6, 6.07) is 7.50. The van der Waals surface area contributed by atoms with Gasteiger partial charge in [-0.15, -0.1) is 0 Å². The van der Waals surface area contributed by atoms with Gasteiger partial charge in [-0.05, 0) is 26.0 Å². The molecule has 0 saturated heterocycles. The minimum Gasteiger partial charge on any atom is -0.338 e. The first-order valence-electron chi connectivity index (χ1n) is 7.80. The maximum absolute atomic E-state index is 12.2. The first kappa shape index (κ1) is 16.3. The Hall–Kier alpha value is -2.58. The van der Waals surface area contributed by atoms with Crippen molar-refractivity contribution in [2.75, 3.05) is 0 Å². The summed E-state index contributed by atoms with van der Waals surface area (Å²) in [7, 11) is 0. The van der Waals surface area contributed by atoms with Crippen LogP contribution in [0.15, 0.2) is 33.6 Å². The first-order valence-corrected chi connectivity index (χ1v) is 7.80. The molecule has 0 unspecified atom stereocenters. The van der Waals surface area contributed by atoms with Gasteiger partial charge in [0.25, 0.3) is 5.56 Å². The fourth-order valence-corrected chi connectivity index (χ4v) is 2.44. The van der Waals surface area contributed by atoms with Crippen LogP contribution in [0.3, 0.4) is 0 Å². The average Bonchev–Trinajstić information content (AvgIpc) is 3.02. The number of nitrogens with one attached hydrogen (secondary N) is 1. The molecule has 0 aliphatic rings. The maximum atomic E-state index is 12.2. The lowest BCUT2D eigenvalue weighted by molar-refractivity contribution is 0.191. The van der Waals surface area contributed by atoms with Gasteiger partial charge >= 0.3 is 0 Å². The van der Waals surface area contributed by atoms with Gasteiger partial charge < -0.3 is 15.2 Å². The Bertz CT molecular complexity index is 885. The summed E-state index contributed by atoms with van der Waals surface area (Å²) in [4.78, 5) is 25.9. The van der Waals surface area contributed by atoms with Crippen LogP contribution in [0, 0.1) is 0 Å². The van der Waals surface area contributed by atoms with Crippen LogP contribution >= 0.6 is 0 Å². The predicted octanol–water partition coefficient (Wildman–Crippen LogP) is 1.18. The molecule has 0 amide bonds. The van der Waals surface area contributed by atoms with E-state index < -0.39 is 0 Å². The van der Waals surface area contributed by atoms with Crippen LogP contribution in [0.25, 0.3) is 10.9 Å². The number of aromatic amines is 1. The zero-order valence-electron chi connectivity index (χ0n) is 13.7. The van der Waals surface area contributed by atoms with Crippen LogP contribution in [0.2, 0.25) is 0 Å². The quantitative estimate of drug-likeness (QED) is 0.698. The molecule has 8 heteroatoms. The molecule has 3 rings (SSSR count). The van der Waals surface area contributed by atoms with Crippen molar-refractivity contribution < 1.29 is 4.52 Å². The van der Waals surface area contributed by atoms with E-state index in [0.29, 0.717) is 41.5 Å². The molecule has 1 aromatic carbocycles. The molecule has 24 heavy (non-hydrogen) atoms. The number of nitrogens with zero attached hydrogens (tertiary/aromatic N) is 4. The summed E-state index contributed by atoms with van der Waals surface area (Å²) < 4.78 is 5.04. The van der Waals surface area contributed by atoms with Gasteiger partial charge in [-0.2, -0.15) is 4.98 Å². The molecule has 0 fully saturated rings. The van der Waals surface area contributed by atoms with E-state index in [1.54, 1.807) is 6.07 Å². The molecular weight excluding hydrogens is 308 g/mol. The van der Waals surface area contributed by atoms with E-state index in [0.717, 1.165) is 0 Å². The molecule has 2 heterocycles. The Balaban J connectivity index is 1.84. The van der Waals surface area contributed by atoms with Crippen LogP contribution < -0.4 is 11.3 Å². The van der Waals surface area contributed by atoms with Gasteiger partial charge in [0.1, 0.15) is 5.82 Å². The SMILES string of the molecule is CC(C)N(Cc1noc(CN)n1)Cc1nc2ccccc2c(=O)[nH]1. The highest BCUT2D eigenvalue weighted by Crippen LogP contribution is 2.11. The number of benzene rings is 1. The Kier molecular flexibility index (Phi) is 4.68. The smallest absolute Gasteiger partial charge is 0.258 e. The van der Waals surface area contributed by atoms with E-state index in [-0.39, 0.29) is 18.1 Å². The van der Waals surface area contributed by atoms with Crippen molar-refractivity contribution in [3.63, 3.8) is 0 Å². The molecule has 8 nitrogen and oxygen atoms in total. The minimum absolute atomic E-state index is 0.135. The van der Waals surface area contributed by atoms with Crippen molar-refractivity contribution >= 4 is 10.9 Å². The van der Waals surface area contributed by atoms with E-state index in [1.807, 2.05) is 18.2 Å². The highest BCUT2D eigenvalue weighted by molar-refractivity contribution is 5.77. The van der Waals surface area contributed by atoms with Crippen LogP contribution in [0.4, 0.5) is 0 Å². The second-order valence-corrected chi connectivity index (χ2v) is 5.84. The summed E-state index contributed by atoms with van der Waals surface area (Å²) in [5.74, 6) is 1.58. The van der Waals surface area contributed by atoms with Crippen molar-refractivity contribution in [3.05, 3.63) is 52.2 Å². The molecule has 0 bridgehead atoms. The summed E-state index contributed by atoms with van der Waals surface area (Å²) in [6.07, 6.45) is 0. The topological polar surface area (TPSA) is 114 Å². The van der Waals surface area contributed by atoms with Gasteiger partial charge in [-0.1, -0.05) is 17.3 Å². The average molecular weight is 328 g/mol. The van der Waals surface area contributed by atoms with Gasteiger partial charge in [-0.3, -0.25) is 9.69 Å². The second kappa shape index (κ2) is 6.90. The highest BCUT2D eigenvalue weighted by Gasteiger charge is 2.16. The second-order valence-electron chi connectivity index (χ2n) is 5.84. The van der Waals surface area contributed by atoms with Crippen LogP contribution in [-0.2, 0) is 19.6 Å². The van der Waals surface area contributed by atoms with Crippen molar-refractivity contribution in [3.8, 4) is 0 Å². The number of H-pyrrole nitrogens is 1. The molecule has 3 N–H and O–H groups in total. The van der Waals surface area contributed by atoms with Crippen molar-refractivity contribution in [1.82, 2.24) is 25.0 Å². The molecule has 0 spiro atoms. The fraction of sp³-hybridized carbons (Fsp3) is 0.375. The molecular formula is C16H20N6O2. The summed E-state index contributed by atoms with van der Waals surface area (Å²) in [5.41, 5.74) is 6.04. The summed E-state index contributed by atoms with van der Waals surface area (Å²) >= 11 is 0. The van der Waals surface area contributed by atoms with Crippen molar-refractivity contribution in [2.45, 2.75) is 39.5 Å². The third-order valence-corrected chi connectivity index (χ3v) is 3.77. The fourth-order valence-electron chi connectivity index (χ4n) is 2.44. The molecule has 2 aromatic heterocycles. The van der Waals surface area contributed by atoms with E-state index in [1.165, 1.54) is 0 Å². The van der Waals surface area contributed by atoms with Gasteiger partial charge in [0.15, 0.2) is 5.82 Å². The van der Waals surface area contributed by atoms with E-state index in [9.17, 15) is 4.79 Å². The number of aromatic nitrogens is 4.